The third kappa shape index (κ3) is 1.06. The molecule has 58 valence electrons. The number of aliphatic hydroxyl groups excluding tert-OH is 3. The van der Waals surface area contributed by atoms with Gasteiger partial charge in [0.1, 0.15) is 18.3 Å². The zero-order valence-electron chi connectivity index (χ0n) is 5.34. The zero-order valence-corrected chi connectivity index (χ0v) is 5.34. The smallest absolute Gasteiger partial charge is 0.184 e. The van der Waals surface area contributed by atoms with Gasteiger partial charge >= 0.3 is 0 Å². The summed E-state index contributed by atoms with van der Waals surface area (Å²) in [6, 6.07) is 0. The monoisotopic (exact) mass is 146 g/mol. The van der Waals surface area contributed by atoms with E-state index in [2.05, 4.69) is 11.3 Å². The average Bonchev–Trinajstić information content (AvgIpc) is 2.17. The molecule has 0 spiro atoms. The van der Waals surface area contributed by atoms with E-state index >= 15 is 0 Å². The van der Waals surface area contributed by atoms with Gasteiger partial charge in [0.15, 0.2) is 6.29 Å². The summed E-state index contributed by atoms with van der Waals surface area (Å²) in [5, 5.41) is 26.7. The first kappa shape index (κ1) is 7.68. The van der Waals surface area contributed by atoms with E-state index in [-0.39, 0.29) is 0 Å². The molecular formula is C6H10O4. The Morgan fingerprint density at radius 1 is 1.20 bits per heavy atom. The topological polar surface area (TPSA) is 69.9 Å². The Bertz CT molecular complexity index is 136. The maximum absolute atomic E-state index is 9.02. The molecule has 4 nitrogen and oxygen atoms in total. The highest BCUT2D eigenvalue weighted by Crippen LogP contribution is 2.19. The quantitative estimate of drug-likeness (QED) is 0.398. The number of rotatable bonds is 1. The Kier molecular flexibility index (Phi) is 2.05. The molecule has 0 aromatic heterocycles. The van der Waals surface area contributed by atoms with Crippen molar-refractivity contribution in [3.63, 3.8) is 0 Å². The van der Waals surface area contributed by atoms with Crippen LogP contribution < -0.4 is 0 Å². The number of ether oxygens (including phenoxy) is 1. The Morgan fingerprint density at radius 2 is 1.80 bits per heavy atom. The van der Waals surface area contributed by atoms with Gasteiger partial charge in [-0.05, 0) is 0 Å². The van der Waals surface area contributed by atoms with Gasteiger partial charge in [-0.2, -0.15) is 0 Å². The molecule has 0 bridgehead atoms. The van der Waals surface area contributed by atoms with Crippen molar-refractivity contribution in [2.75, 3.05) is 0 Å². The SMILES string of the molecule is C=C[C@@H]1OC(O)[C@H](O)[C@H]1O. The molecule has 0 aromatic rings. The zero-order chi connectivity index (χ0) is 7.72. The average molecular weight is 146 g/mol. The minimum absolute atomic E-state index is 0.662. The molecule has 10 heavy (non-hydrogen) atoms. The minimum Gasteiger partial charge on any atom is -0.387 e. The molecule has 3 N–H and O–H groups in total. The van der Waals surface area contributed by atoms with E-state index in [1.807, 2.05) is 0 Å². The van der Waals surface area contributed by atoms with E-state index in [4.69, 9.17) is 15.3 Å². The lowest BCUT2D eigenvalue weighted by Gasteiger charge is -2.08. The summed E-state index contributed by atoms with van der Waals surface area (Å²) in [6.45, 7) is 3.35. The third-order valence-electron chi connectivity index (χ3n) is 1.51. The van der Waals surface area contributed by atoms with Crippen molar-refractivity contribution in [3.05, 3.63) is 12.7 Å². The fraction of sp³-hybridized carbons (Fsp3) is 0.667. The van der Waals surface area contributed by atoms with Crippen molar-refractivity contribution in [1.29, 1.82) is 0 Å². The summed E-state index contributed by atoms with van der Waals surface area (Å²) in [5.41, 5.74) is 0. The van der Waals surface area contributed by atoms with Crippen molar-refractivity contribution in [2.45, 2.75) is 24.6 Å². The largest absolute Gasteiger partial charge is 0.387 e. The van der Waals surface area contributed by atoms with E-state index in [1.165, 1.54) is 6.08 Å². The van der Waals surface area contributed by atoms with Gasteiger partial charge in [0, 0.05) is 0 Å². The van der Waals surface area contributed by atoms with Gasteiger partial charge in [-0.15, -0.1) is 6.58 Å². The van der Waals surface area contributed by atoms with Crippen molar-refractivity contribution in [3.8, 4) is 0 Å². The third-order valence-corrected chi connectivity index (χ3v) is 1.51. The second-order valence-corrected chi connectivity index (χ2v) is 2.21. The van der Waals surface area contributed by atoms with Crippen LogP contribution in [-0.4, -0.2) is 39.9 Å². The maximum Gasteiger partial charge on any atom is 0.184 e. The lowest BCUT2D eigenvalue weighted by Crippen LogP contribution is -2.31. The highest BCUT2D eigenvalue weighted by molar-refractivity contribution is 4.95. The predicted molar refractivity (Wildman–Crippen MR) is 33.1 cm³/mol. The Hall–Kier alpha value is -0.420. The first-order valence-electron chi connectivity index (χ1n) is 2.99. The van der Waals surface area contributed by atoms with Crippen LogP contribution in [0.25, 0.3) is 0 Å². The molecule has 0 radical (unpaired) electrons. The minimum atomic E-state index is -1.29. The molecule has 4 atom stereocenters. The molecule has 1 aliphatic rings. The Balaban J connectivity index is 2.61. The van der Waals surface area contributed by atoms with Crippen LogP contribution in [0.5, 0.6) is 0 Å². The molecule has 1 rings (SSSR count). The first-order valence-corrected chi connectivity index (χ1v) is 2.99. The molecule has 0 saturated carbocycles. The van der Waals surface area contributed by atoms with E-state index < -0.39 is 24.6 Å². The van der Waals surface area contributed by atoms with E-state index in [1.54, 1.807) is 0 Å². The fourth-order valence-electron chi connectivity index (χ4n) is 0.880. The lowest BCUT2D eigenvalue weighted by atomic mass is 10.1. The standard InChI is InChI=1S/C6H10O4/c1-2-3-4(7)5(8)6(9)10-3/h2-9H,1H2/t3-,4-,5+,6?/m0/s1. The van der Waals surface area contributed by atoms with Crippen LogP contribution in [0.1, 0.15) is 0 Å². The molecular weight excluding hydrogens is 136 g/mol. The van der Waals surface area contributed by atoms with Gasteiger partial charge < -0.3 is 20.1 Å². The molecule has 0 aromatic carbocycles. The molecule has 0 aliphatic carbocycles. The van der Waals surface area contributed by atoms with Crippen LogP contribution in [0.4, 0.5) is 0 Å². The molecule has 0 amide bonds. The summed E-state index contributed by atoms with van der Waals surface area (Å²) in [5.74, 6) is 0. The van der Waals surface area contributed by atoms with Gasteiger partial charge in [0.05, 0.1) is 0 Å². The predicted octanol–water partition coefficient (Wildman–Crippen LogP) is -1.39. The van der Waals surface area contributed by atoms with Gasteiger partial charge in [-0.1, -0.05) is 6.08 Å². The molecule has 1 unspecified atom stereocenters. The second-order valence-electron chi connectivity index (χ2n) is 2.21. The van der Waals surface area contributed by atoms with Crippen molar-refractivity contribution >= 4 is 0 Å². The van der Waals surface area contributed by atoms with Crippen molar-refractivity contribution in [1.82, 2.24) is 0 Å². The molecule has 4 heteroatoms. The number of aliphatic hydroxyl groups is 3. The van der Waals surface area contributed by atoms with Crippen molar-refractivity contribution in [2.24, 2.45) is 0 Å². The molecule has 1 heterocycles. The summed E-state index contributed by atoms with van der Waals surface area (Å²) >= 11 is 0. The van der Waals surface area contributed by atoms with Crippen LogP contribution in [0, 0.1) is 0 Å². The number of hydrogen-bond donors (Lipinski definition) is 3. The van der Waals surface area contributed by atoms with Gasteiger partial charge in [0.25, 0.3) is 0 Å². The normalized spacial score (nSPS) is 47.5. The molecule has 1 saturated heterocycles. The fourth-order valence-corrected chi connectivity index (χ4v) is 0.880. The highest BCUT2D eigenvalue weighted by atomic mass is 16.6. The molecule has 1 fully saturated rings. The van der Waals surface area contributed by atoms with E-state index in [0.717, 1.165) is 0 Å². The van der Waals surface area contributed by atoms with Crippen LogP contribution in [0.3, 0.4) is 0 Å². The van der Waals surface area contributed by atoms with Crippen LogP contribution in [0.15, 0.2) is 12.7 Å². The van der Waals surface area contributed by atoms with E-state index in [0.29, 0.717) is 0 Å². The van der Waals surface area contributed by atoms with Crippen LogP contribution >= 0.6 is 0 Å². The molecule has 1 aliphatic heterocycles. The van der Waals surface area contributed by atoms with Crippen LogP contribution in [0.2, 0.25) is 0 Å². The number of hydrogen-bond acceptors (Lipinski definition) is 4. The van der Waals surface area contributed by atoms with Gasteiger partial charge in [0.2, 0.25) is 0 Å². The van der Waals surface area contributed by atoms with Crippen LogP contribution in [-0.2, 0) is 4.74 Å². The second kappa shape index (κ2) is 2.67. The van der Waals surface area contributed by atoms with Gasteiger partial charge in [-0.3, -0.25) is 0 Å². The Morgan fingerprint density at radius 3 is 2.00 bits per heavy atom. The van der Waals surface area contributed by atoms with Gasteiger partial charge in [-0.25, -0.2) is 0 Å². The summed E-state index contributed by atoms with van der Waals surface area (Å²) in [6.07, 6.45) is -2.90. The summed E-state index contributed by atoms with van der Waals surface area (Å²) in [4.78, 5) is 0. The highest BCUT2D eigenvalue weighted by Gasteiger charge is 2.39. The first-order chi connectivity index (χ1) is 4.66. The lowest BCUT2D eigenvalue weighted by molar-refractivity contribution is -0.120. The summed E-state index contributed by atoms with van der Waals surface area (Å²) < 4.78 is 4.67. The maximum atomic E-state index is 9.02. The van der Waals surface area contributed by atoms with Crippen molar-refractivity contribution < 1.29 is 20.1 Å². The Labute approximate surface area is 58.4 Å². The van der Waals surface area contributed by atoms with E-state index in [9.17, 15) is 0 Å². The summed E-state index contributed by atoms with van der Waals surface area (Å²) in [7, 11) is 0.